The van der Waals surface area contributed by atoms with Gasteiger partial charge in [-0.3, -0.25) is 9.79 Å². The molecule has 18 heavy (non-hydrogen) atoms. The molecular formula is C14H18N2O2. The third-order valence-electron chi connectivity index (χ3n) is 3.02. The van der Waals surface area contributed by atoms with Gasteiger partial charge < -0.3 is 10.1 Å². The van der Waals surface area contributed by atoms with E-state index in [9.17, 15) is 4.79 Å². The summed E-state index contributed by atoms with van der Waals surface area (Å²) in [7, 11) is 1.62. The molecule has 0 saturated heterocycles. The van der Waals surface area contributed by atoms with Gasteiger partial charge in [0.15, 0.2) is 0 Å². The van der Waals surface area contributed by atoms with E-state index in [0.29, 0.717) is 5.84 Å². The third-order valence-corrected chi connectivity index (χ3v) is 3.02. The van der Waals surface area contributed by atoms with Gasteiger partial charge in [-0.15, -0.1) is 0 Å². The molecule has 0 radical (unpaired) electrons. The average molecular weight is 246 g/mol. The monoisotopic (exact) mass is 246 g/mol. The number of ether oxygens (including phenoxy) is 1. The van der Waals surface area contributed by atoms with E-state index in [1.54, 1.807) is 7.11 Å². The molecule has 0 spiro atoms. The quantitative estimate of drug-likeness (QED) is 0.882. The summed E-state index contributed by atoms with van der Waals surface area (Å²) >= 11 is 0. The van der Waals surface area contributed by atoms with E-state index in [1.165, 1.54) is 0 Å². The lowest BCUT2D eigenvalue weighted by atomic mass is 10.1. The van der Waals surface area contributed by atoms with Crippen LogP contribution < -0.4 is 5.32 Å². The normalized spacial score (nSPS) is 20.8. The predicted molar refractivity (Wildman–Crippen MR) is 70.4 cm³/mol. The van der Waals surface area contributed by atoms with Crippen molar-refractivity contribution in [3.63, 3.8) is 0 Å². The molecule has 96 valence electrons. The minimum absolute atomic E-state index is 0.0435. The lowest BCUT2D eigenvalue weighted by Gasteiger charge is -2.15. The van der Waals surface area contributed by atoms with Crippen LogP contribution >= 0.6 is 0 Å². The van der Waals surface area contributed by atoms with Gasteiger partial charge in [0, 0.05) is 7.11 Å². The van der Waals surface area contributed by atoms with Crippen LogP contribution in [0.25, 0.3) is 0 Å². The summed E-state index contributed by atoms with van der Waals surface area (Å²) in [5.74, 6) is 0.751. The van der Waals surface area contributed by atoms with E-state index in [-0.39, 0.29) is 24.0 Å². The van der Waals surface area contributed by atoms with Gasteiger partial charge in [-0.2, -0.15) is 0 Å². The number of amidine groups is 1. The Morgan fingerprint density at radius 3 is 2.44 bits per heavy atom. The van der Waals surface area contributed by atoms with E-state index < -0.39 is 0 Å². The van der Waals surface area contributed by atoms with E-state index >= 15 is 0 Å². The van der Waals surface area contributed by atoms with Crippen LogP contribution in [0, 0.1) is 5.92 Å². The van der Waals surface area contributed by atoms with Gasteiger partial charge in [0.1, 0.15) is 18.0 Å². The zero-order chi connectivity index (χ0) is 13.1. The first-order valence-electron chi connectivity index (χ1n) is 6.09. The lowest BCUT2D eigenvalue weighted by molar-refractivity contribution is -0.120. The maximum atomic E-state index is 11.8. The number of hydrogen-bond donors (Lipinski definition) is 1. The number of carbonyl (C=O) groups is 1. The van der Waals surface area contributed by atoms with Crippen LogP contribution in [-0.2, 0) is 9.53 Å². The Balaban J connectivity index is 2.25. The molecule has 0 fully saturated rings. The average Bonchev–Trinajstić information content (AvgIpc) is 2.74. The van der Waals surface area contributed by atoms with Crippen molar-refractivity contribution in [1.29, 1.82) is 0 Å². The molecule has 1 amide bonds. The molecule has 2 rings (SSSR count). The van der Waals surface area contributed by atoms with Crippen LogP contribution in [0.4, 0.5) is 0 Å². The Bertz CT molecular complexity index is 454. The molecule has 0 saturated carbocycles. The molecule has 1 heterocycles. The molecule has 1 aliphatic heterocycles. The topological polar surface area (TPSA) is 50.7 Å². The molecule has 2 atom stereocenters. The molecule has 1 aliphatic rings. The minimum Gasteiger partial charge on any atom is -0.369 e. The molecule has 0 bridgehead atoms. The summed E-state index contributed by atoms with van der Waals surface area (Å²) < 4.78 is 5.45. The van der Waals surface area contributed by atoms with Crippen molar-refractivity contribution in [2.24, 2.45) is 10.9 Å². The zero-order valence-corrected chi connectivity index (χ0v) is 10.9. The van der Waals surface area contributed by atoms with Crippen molar-refractivity contribution < 1.29 is 9.53 Å². The maximum Gasteiger partial charge on any atom is 0.250 e. The Hall–Kier alpha value is -1.68. The second kappa shape index (κ2) is 5.31. The fraction of sp³-hybridized carbons (Fsp3) is 0.429. The van der Waals surface area contributed by atoms with Crippen molar-refractivity contribution in [3.05, 3.63) is 35.9 Å². The van der Waals surface area contributed by atoms with Crippen LogP contribution in [0.1, 0.15) is 25.5 Å². The number of methoxy groups -OCH3 is 1. The summed E-state index contributed by atoms with van der Waals surface area (Å²) in [4.78, 5) is 16.2. The largest absolute Gasteiger partial charge is 0.369 e. The number of nitrogens with zero attached hydrogens (tertiary/aromatic N) is 1. The standard InChI is InChI=1S/C14H18N2O2/c1-9(2)11-14(17)16-13(15-11)12(18-3)10-7-5-4-6-8-10/h4-9,11-12H,1-3H3,(H,15,16,17). The van der Waals surface area contributed by atoms with Gasteiger partial charge >= 0.3 is 0 Å². The van der Waals surface area contributed by atoms with Gasteiger partial charge in [-0.25, -0.2) is 0 Å². The van der Waals surface area contributed by atoms with Crippen molar-refractivity contribution in [1.82, 2.24) is 5.32 Å². The highest BCUT2D eigenvalue weighted by Crippen LogP contribution is 2.22. The predicted octanol–water partition coefficient (Wildman–Crippen LogP) is 1.93. The van der Waals surface area contributed by atoms with Crippen LogP contribution in [0.15, 0.2) is 35.3 Å². The number of rotatable bonds is 4. The fourth-order valence-corrected chi connectivity index (χ4v) is 2.06. The molecule has 1 aromatic rings. The Labute approximate surface area is 107 Å². The van der Waals surface area contributed by atoms with Crippen LogP contribution in [-0.4, -0.2) is 24.9 Å². The van der Waals surface area contributed by atoms with Crippen LogP contribution in [0.2, 0.25) is 0 Å². The summed E-state index contributed by atoms with van der Waals surface area (Å²) in [5, 5.41) is 2.82. The Morgan fingerprint density at radius 2 is 1.94 bits per heavy atom. The van der Waals surface area contributed by atoms with Crippen LogP contribution in [0.5, 0.6) is 0 Å². The number of aliphatic imine (C=N–C) groups is 1. The molecule has 0 aromatic heterocycles. The van der Waals surface area contributed by atoms with Gasteiger partial charge in [-0.1, -0.05) is 44.2 Å². The third kappa shape index (κ3) is 2.43. The summed E-state index contributed by atoms with van der Waals surface area (Å²) in [6, 6.07) is 9.46. The number of amides is 1. The van der Waals surface area contributed by atoms with Crippen molar-refractivity contribution >= 4 is 11.7 Å². The molecule has 2 unspecified atom stereocenters. The van der Waals surface area contributed by atoms with Gasteiger partial charge in [-0.05, 0) is 11.5 Å². The summed E-state index contributed by atoms with van der Waals surface area (Å²) in [6.45, 7) is 3.97. The number of nitrogens with one attached hydrogen (secondary N) is 1. The zero-order valence-electron chi connectivity index (χ0n) is 10.9. The smallest absolute Gasteiger partial charge is 0.250 e. The van der Waals surface area contributed by atoms with E-state index in [4.69, 9.17) is 4.74 Å². The first-order valence-corrected chi connectivity index (χ1v) is 6.09. The van der Waals surface area contributed by atoms with Crippen molar-refractivity contribution in [2.45, 2.75) is 26.0 Å². The minimum atomic E-state index is -0.307. The van der Waals surface area contributed by atoms with E-state index in [1.807, 2.05) is 44.2 Å². The second-order valence-electron chi connectivity index (χ2n) is 4.72. The number of carbonyl (C=O) groups excluding carboxylic acids is 1. The number of hydrogen-bond acceptors (Lipinski definition) is 3. The molecule has 4 nitrogen and oxygen atoms in total. The van der Waals surface area contributed by atoms with Gasteiger partial charge in [0.25, 0.3) is 0 Å². The molecular weight excluding hydrogens is 228 g/mol. The van der Waals surface area contributed by atoms with E-state index in [0.717, 1.165) is 5.56 Å². The maximum absolute atomic E-state index is 11.8. The molecule has 0 aliphatic carbocycles. The lowest BCUT2D eigenvalue weighted by Crippen LogP contribution is -2.34. The first-order chi connectivity index (χ1) is 8.63. The SMILES string of the molecule is COC(C1=NC(C(C)C)C(=O)N1)c1ccccc1. The summed E-state index contributed by atoms with van der Waals surface area (Å²) in [6.07, 6.45) is -0.307. The van der Waals surface area contributed by atoms with Crippen molar-refractivity contribution in [3.8, 4) is 0 Å². The van der Waals surface area contributed by atoms with E-state index in [2.05, 4.69) is 10.3 Å². The fourth-order valence-electron chi connectivity index (χ4n) is 2.06. The van der Waals surface area contributed by atoms with Crippen molar-refractivity contribution in [2.75, 3.05) is 7.11 Å². The Kier molecular flexibility index (Phi) is 3.77. The molecule has 1 aromatic carbocycles. The number of benzene rings is 1. The molecule has 1 N–H and O–H groups in total. The van der Waals surface area contributed by atoms with Gasteiger partial charge in [0.05, 0.1) is 0 Å². The van der Waals surface area contributed by atoms with Crippen LogP contribution in [0.3, 0.4) is 0 Å². The highest BCUT2D eigenvalue weighted by Gasteiger charge is 2.32. The Morgan fingerprint density at radius 1 is 1.28 bits per heavy atom. The van der Waals surface area contributed by atoms with Gasteiger partial charge in [0.2, 0.25) is 5.91 Å². The summed E-state index contributed by atoms with van der Waals surface area (Å²) in [5.41, 5.74) is 0.989. The highest BCUT2D eigenvalue weighted by molar-refractivity contribution is 6.08. The molecule has 4 heteroatoms. The second-order valence-corrected chi connectivity index (χ2v) is 4.72. The highest BCUT2D eigenvalue weighted by atomic mass is 16.5. The first kappa shape index (κ1) is 12.8.